The van der Waals surface area contributed by atoms with E-state index in [2.05, 4.69) is 0 Å². The molecule has 0 aliphatic carbocycles. The van der Waals surface area contributed by atoms with Gasteiger partial charge in [-0.25, -0.2) is 9.29 Å². The second-order valence-electron chi connectivity index (χ2n) is 4.77. The molecule has 21 heavy (non-hydrogen) atoms. The van der Waals surface area contributed by atoms with E-state index in [9.17, 15) is 14.0 Å². The van der Waals surface area contributed by atoms with Crippen molar-refractivity contribution in [3.8, 4) is 6.07 Å². The number of nitrogens with zero attached hydrogens (tertiary/aromatic N) is 2. The lowest BCUT2D eigenvalue weighted by atomic mass is 10.1. The highest BCUT2D eigenvalue weighted by atomic mass is 19.1. The number of carbonyl (C=O) groups excluding carboxylic acids is 2. The van der Waals surface area contributed by atoms with Gasteiger partial charge in [0.1, 0.15) is 11.9 Å². The minimum atomic E-state index is -0.686. The predicted octanol–water partition coefficient (Wildman–Crippen LogP) is 2.81. The molecule has 0 N–H and O–H groups in total. The Kier molecular flexibility index (Phi) is 2.80. The lowest BCUT2D eigenvalue weighted by molar-refractivity contribution is 0.0926. The van der Waals surface area contributed by atoms with Crippen molar-refractivity contribution in [3.05, 3.63) is 64.5 Å². The Morgan fingerprint density at radius 2 is 1.76 bits per heavy atom. The van der Waals surface area contributed by atoms with Gasteiger partial charge in [-0.05, 0) is 37.3 Å². The Balaban J connectivity index is 2.12. The Morgan fingerprint density at radius 1 is 1.05 bits per heavy atom. The standard InChI is InChI=1S/C16H9FN2O2/c1-9-2-4-12-13(6-9)16(21)19(15(12)20)11-3-5-14(17)10(7-11)8-18/h2-7H,1H3. The molecule has 4 nitrogen and oxygen atoms in total. The molecule has 0 spiro atoms. The number of amides is 2. The second-order valence-corrected chi connectivity index (χ2v) is 4.77. The van der Waals surface area contributed by atoms with Crippen LogP contribution < -0.4 is 4.90 Å². The first-order valence-electron chi connectivity index (χ1n) is 6.22. The van der Waals surface area contributed by atoms with E-state index in [1.807, 2.05) is 6.92 Å². The normalized spacial score (nSPS) is 13.3. The Morgan fingerprint density at radius 3 is 2.48 bits per heavy atom. The van der Waals surface area contributed by atoms with Gasteiger partial charge in [0.05, 0.1) is 22.4 Å². The van der Waals surface area contributed by atoms with Crippen molar-refractivity contribution in [1.29, 1.82) is 5.26 Å². The van der Waals surface area contributed by atoms with E-state index in [0.717, 1.165) is 16.5 Å². The molecule has 0 atom stereocenters. The molecule has 0 aromatic heterocycles. The number of halogens is 1. The molecule has 5 heteroatoms. The lowest BCUT2D eigenvalue weighted by Gasteiger charge is -2.14. The van der Waals surface area contributed by atoms with E-state index in [1.165, 1.54) is 12.1 Å². The highest BCUT2D eigenvalue weighted by molar-refractivity contribution is 6.34. The van der Waals surface area contributed by atoms with Crippen molar-refractivity contribution in [3.63, 3.8) is 0 Å². The fraction of sp³-hybridized carbons (Fsp3) is 0.0625. The number of fused-ring (bicyclic) bond motifs is 1. The van der Waals surface area contributed by atoms with Crippen molar-refractivity contribution >= 4 is 17.5 Å². The van der Waals surface area contributed by atoms with Crippen LogP contribution in [-0.2, 0) is 0 Å². The first kappa shape index (κ1) is 13.0. The highest BCUT2D eigenvalue weighted by Crippen LogP contribution is 2.29. The zero-order valence-corrected chi connectivity index (χ0v) is 11.1. The van der Waals surface area contributed by atoms with Crippen LogP contribution in [0.3, 0.4) is 0 Å². The SMILES string of the molecule is Cc1ccc2c(c1)C(=O)N(c1ccc(F)c(C#N)c1)C2=O. The number of hydrogen-bond donors (Lipinski definition) is 0. The van der Waals surface area contributed by atoms with Crippen LogP contribution in [0.5, 0.6) is 0 Å². The van der Waals surface area contributed by atoms with Gasteiger partial charge in [0, 0.05) is 0 Å². The summed E-state index contributed by atoms with van der Waals surface area (Å²) >= 11 is 0. The van der Waals surface area contributed by atoms with Gasteiger partial charge in [0.2, 0.25) is 0 Å². The van der Waals surface area contributed by atoms with Gasteiger partial charge in [0.25, 0.3) is 11.8 Å². The summed E-state index contributed by atoms with van der Waals surface area (Å²) in [6, 6.07) is 10.3. The fourth-order valence-electron chi connectivity index (χ4n) is 2.33. The smallest absolute Gasteiger partial charge is 0.266 e. The van der Waals surface area contributed by atoms with Gasteiger partial charge in [0.15, 0.2) is 0 Å². The summed E-state index contributed by atoms with van der Waals surface area (Å²) < 4.78 is 13.4. The highest BCUT2D eigenvalue weighted by Gasteiger charge is 2.36. The molecule has 0 saturated carbocycles. The number of carbonyl (C=O) groups is 2. The largest absolute Gasteiger partial charge is 0.268 e. The predicted molar refractivity (Wildman–Crippen MR) is 73.4 cm³/mol. The molecule has 102 valence electrons. The first-order chi connectivity index (χ1) is 10.0. The molecule has 3 rings (SSSR count). The maximum absolute atomic E-state index is 13.4. The van der Waals surface area contributed by atoms with E-state index in [4.69, 9.17) is 5.26 Å². The Hall–Kier alpha value is -3.00. The molecule has 0 saturated heterocycles. The van der Waals surface area contributed by atoms with Gasteiger partial charge in [-0.2, -0.15) is 5.26 Å². The summed E-state index contributed by atoms with van der Waals surface area (Å²) in [4.78, 5) is 25.7. The van der Waals surface area contributed by atoms with E-state index < -0.39 is 17.6 Å². The number of rotatable bonds is 1. The topological polar surface area (TPSA) is 61.2 Å². The molecule has 2 amide bonds. The van der Waals surface area contributed by atoms with Crippen molar-refractivity contribution < 1.29 is 14.0 Å². The van der Waals surface area contributed by atoms with Crippen molar-refractivity contribution in [1.82, 2.24) is 0 Å². The molecule has 0 radical (unpaired) electrons. The van der Waals surface area contributed by atoms with Gasteiger partial charge >= 0.3 is 0 Å². The number of nitriles is 1. The van der Waals surface area contributed by atoms with Crippen LogP contribution in [0.1, 0.15) is 31.8 Å². The van der Waals surface area contributed by atoms with Crippen LogP contribution >= 0.6 is 0 Å². The zero-order chi connectivity index (χ0) is 15.1. The van der Waals surface area contributed by atoms with E-state index in [0.29, 0.717) is 11.1 Å². The maximum atomic E-state index is 13.4. The first-order valence-corrected chi connectivity index (χ1v) is 6.22. The van der Waals surface area contributed by atoms with E-state index in [-0.39, 0.29) is 11.3 Å². The Labute approximate surface area is 120 Å². The van der Waals surface area contributed by atoms with Crippen LogP contribution in [-0.4, -0.2) is 11.8 Å². The summed E-state index contributed by atoms with van der Waals surface area (Å²) in [7, 11) is 0. The molecule has 1 heterocycles. The summed E-state index contributed by atoms with van der Waals surface area (Å²) in [6.07, 6.45) is 0. The van der Waals surface area contributed by atoms with Crippen molar-refractivity contribution in [2.75, 3.05) is 4.90 Å². The van der Waals surface area contributed by atoms with E-state index in [1.54, 1.807) is 24.3 Å². The summed E-state index contributed by atoms with van der Waals surface area (Å²) in [5, 5.41) is 8.85. The summed E-state index contributed by atoms with van der Waals surface area (Å²) in [5.74, 6) is -1.62. The van der Waals surface area contributed by atoms with Crippen molar-refractivity contribution in [2.45, 2.75) is 6.92 Å². The molecule has 1 aliphatic heterocycles. The molecule has 1 aliphatic rings. The summed E-state index contributed by atoms with van der Waals surface area (Å²) in [6.45, 7) is 1.83. The molecule has 2 aromatic carbocycles. The van der Waals surface area contributed by atoms with Gasteiger partial charge in [-0.15, -0.1) is 0 Å². The fourth-order valence-corrected chi connectivity index (χ4v) is 2.33. The number of hydrogen-bond acceptors (Lipinski definition) is 3. The lowest BCUT2D eigenvalue weighted by Crippen LogP contribution is -2.29. The molecule has 0 bridgehead atoms. The number of imide groups is 1. The third-order valence-electron chi connectivity index (χ3n) is 3.37. The van der Waals surface area contributed by atoms with Gasteiger partial charge < -0.3 is 0 Å². The number of aryl methyl sites for hydroxylation is 1. The second kappa shape index (κ2) is 4.53. The number of anilines is 1. The molecule has 0 fully saturated rings. The van der Waals surface area contributed by atoms with Crippen molar-refractivity contribution in [2.24, 2.45) is 0 Å². The van der Waals surface area contributed by atoms with Crippen LogP contribution in [0.15, 0.2) is 36.4 Å². The third-order valence-corrected chi connectivity index (χ3v) is 3.37. The average Bonchev–Trinajstić information content (AvgIpc) is 2.71. The van der Waals surface area contributed by atoms with Crippen LogP contribution in [0.2, 0.25) is 0 Å². The third kappa shape index (κ3) is 1.89. The Bertz CT molecular complexity index is 837. The molecule has 0 unspecified atom stereocenters. The van der Waals surface area contributed by atoms with Crippen LogP contribution in [0.4, 0.5) is 10.1 Å². The molecular formula is C16H9FN2O2. The zero-order valence-electron chi connectivity index (χ0n) is 11.1. The molecule has 2 aromatic rings. The minimum Gasteiger partial charge on any atom is -0.268 e. The van der Waals surface area contributed by atoms with Gasteiger partial charge in [-0.1, -0.05) is 11.6 Å². The van der Waals surface area contributed by atoms with Gasteiger partial charge in [-0.3, -0.25) is 9.59 Å². The minimum absolute atomic E-state index is 0.191. The average molecular weight is 280 g/mol. The van der Waals surface area contributed by atoms with Crippen LogP contribution in [0.25, 0.3) is 0 Å². The number of benzene rings is 2. The molecular weight excluding hydrogens is 271 g/mol. The van der Waals surface area contributed by atoms with Crippen LogP contribution in [0, 0.1) is 24.1 Å². The van der Waals surface area contributed by atoms with E-state index >= 15 is 0 Å². The summed E-state index contributed by atoms with van der Waals surface area (Å²) in [5.41, 5.74) is 1.49. The maximum Gasteiger partial charge on any atom is 0.266 e. The quantitative estimate of drug-likeness (QED) is 0.755. The monoisotopic (exact) mass is 280 g/mol.